The maximum Gasteiger partial charge on any atom is 0.157 e. The molecule has 0 saturated carbocycles. The molecule has 5 nitrogen and oxygen atoms in total. The van der Waals surface area contributed by atoms with Crippen LogP contribution in [0.25, 0.3) is 5.65 Å². The van der Waals surface area contributed by atoms with Crippen LogP contribution in [0.4, 0.5) is 5.82 Å². The summed E-state index contributed by atoms with van der Waals surface area (Å²) in [6.45, 7) is 3.12. The van der Waals surface area contributed by atoms with E-state index in [9.17, 15) is 0 Å². The van der Waals surface area contributed by atoms with Crippen LogP contribution in [-0.2, 0) is 0 Å². The van der Waals surface area contributed by atoms with Gasteiger partial charge in [0.2, 0.25) is 0 Å². The van der Waals surface area contributed by atoms with E-state index < -0.39 is 0 Å². The zero-order valence-electron chi connectivity index (χ0n) is 9.88. The van der Waals surface area contributed by atoms with Crippen molar-refractivity contribution in [2.75, 3.05) is 26.0 Å². The Bertz CT molecular complexity index is 462. The second-order valence-corrected chi connectivity index (χ2v) is 4.25. The van der Waals surface area contributed by atoms with Crippen LogP contribution in [0.15, 0.2) is 24.5 Å². The van der Waals surface area contributed by atoms with E-state index in [1.807, 2.05) is 18.3 Å². The number of nitrogens with one attached hydrogen (secondary N) is 1. The van der Waals surface area contributed by atoms with Gasteiger partial charge in [-0.05, 0) is 27.1 Å². The molecule has 1 atom stereocenters. The average molecular weight is 219 g/mol. The number of hydrogen-bond donors (Lipinski definition) is 1. The van der Waals surface area contributed by atoms with Crippen LogP contribution in [0, 0.1) is 0 Å². The monoisotopic (exact) mass is 219 g/mol. The Morgan fingerprint density at radius 2 is 2.25 bits per heavy atom. The van der Waals surface area contributed by atoms with Crippen molar-refractivity contribution in [1.82, 2.24) is 19.5 Å². The van der Waals surface area contributed by atoms with Gasteiger partial charge >= 0.3 is 0 Å². The highest BCUT2D eigenvalue weighted by atomic mass is 15.2. The Hall–Kier alpha value is -1.62. The van der Waals surface area contributed by atoms with Crippen molar-refractivity contribution in [3.05, 3.63) is 24.5 Å². The second kappa shape index (κ2) is 4.49. The number of fused-ring (bicyclic) bond motifs is 1. The minimum atomic E-state index is 0.368. The van der Waals surface area contributed by atoms with E-state index in [0.29, 0.717) is 6.04 Å². The molecular weight excluding hydrogens is 202 g/mol. The molecule has 0 aliphatic carbocycles. The number of hydrogen-bond acceptors (Lipinski definition) is 4. The van der Waals surface area contributed by atoms with Crippen LogP contribution in [0.3, 0.4) is 0 Å². The molecule has 2 aromatic heterocycles. The summed E-state index contributed by atoms with van der Waals surface area (Å²) in [7, 11) is 4.12. The Labute approximate surface area is 95.1 Å². The van der Waals surface area contributed by atoms with Gasteiger partial charge in [0.15, 0.2) is 5.65 Å². The summed E-state index contributed by atoms with van der Waals surface area (Å²) in [4.78, 5) is 6.60. The molecule has 0 radical (unpaired) electrons. The van der Waals surface area contributed by atoms with E-state index in [-0.39, 0.29) is 0 Å². The van der Waals surface area contributed by atoms with Gasteiger partial charge in [-0.25, -0.2) is 9.50 Å². The summed E-state index contributed by atoms with van der Waals surface area (Å²) in [5, 5.41) is 7.47. The first-order valence-corrected chi connectivity index (χ1v) is 5.37. The highest BCUT2D eigenvalue weighted by Gasteiger charge is 2.04. The fourth-order valence-electron chi connectivity index (χ4n) is 1.74. The zero-order valence-corrected chi connectivity index (χ0v) is 9.88. The van der Waals surface area contributed by atoms with Crippen molar-refractivity contribution in [2.24, 2.45) is 0 Å². The topological polar surface area (TPSA) is 45.5 Å². The van der Waals surface area contributed by atoms with Crippen molar-refractivity contribution in [2.45, 2.75) is 13.0 Å². The summed E-state index contributed by atoms with van der Waals surface area (Å²) < 4.78 is 1.75. The predicted molar refractivity (Wildman–Crippen MR) is 64.6 cm³/mol. The number of aromatic nitrogens is 3. The number of rotatable bonds is 4. The summed E-state index contributed by atoms with van der Waals surface area (Å²) >= 11 is 0. The molecule has 0 saturated heterocycles. The van der Waals surface area contributed by atoms with Gasteiger partial charge in [-0.2, -0.15) is 5.10 Å². The molecule has 2 aromatic rings. The van der Waals surface area contributed by atoms with Crippen LogP contribution in [0.2, 0.25) is 0 Å². The van der Waals surface area contributed by atoms with Gasteiger partial charge in [-0.15, -0.1) is 0 Å². The van der Waals surface area contributed by atoms with Crippen molar-refractivity contribution in [3.8, 4) is 0 Å². The van der Waals surface area contributed by atoms with Gasteiger partial charge < -0.3 is 10.2 Å². The number of anilines is 1. The summed E-state index contributed by atoms with van der Waals surface area (Å²) in [5.41, 5.74) is 0.863. The van der Waals surface area contributed by atoms with Crippen molar-refractivity contribution < 1.29 is 0 Å². The SMILES string of the molecule is CC(CN(C)C)Nc1ccn2nccc2n1. The molecule has 2 heterocycles. The normalized spacial score (nSPS) is 13.2. The smallest absolute Gasteiger partial charge is 0.157 e. The lowest BCUT2D eigenvalue weighted by atomic mass is 10.3. The first-order valence-electron chi connectivity index (χ1n) is 5.37. The lowest BCUT2D eigenvalue weighted by Gasteiger charge is -2.18. The van der Waals surface area contributed by atoms with E-state index in [0.717, 1.165) is 18.0 Å². The molecule has 5 heteroatoms. The van der Waals surface area contributed by atoms with Gasteiger partial charge in [-0.3, -0.25) is 0 Å². The Morgan fingerprint density at radius 1 is 1.44 bits per heavy atom. The highest BCUT2D eigenvalue weighted by molar-refractivity contribution is 5.45. The number of likely N-dealkylation sites (N-methyl/N-ethyl adjacent to an activating group) is 1. The van der Waals surface area contributed by atoms with Crippen molar-refractivity contribution >= 4 is 11.5 Å². The molecule has 0 amide bonds. The summed E-state index contributed by atoms with van der Waals surface area (Å²) in [5.74, 6) is 0.891. The first kappa shape index (κ1) is 10.9. The van der Waals surface area contributed by atoms with Gasteiger partial charge in [0.25, 0.3) is 0 Å². The van der Waals surface area contributed by atoms with Crippen LogP contribution >= 0.6 is 0 Å². The van der Waals surface area contributed by atoms with Crippen LogP contribution < -0.4 is 5.32 Å². The molecule has 0 aliphatic rings. The molecule has 0 fully saturated rings. The standard InChI is InChI=1S/C11H17N5/c1-9(8-15(2)3)13-10-5-7-16-11(14-10)4-6-12-16/h4-7,9H,8H2,1-3H3,(H,13,14). The molecule has 2 rings (SSSR count). The first-order chi connectivity index (χ1) is 7.65. The zero-order chi connectivity index (χ0) is 11.5. The molecule has 0 aliphatic heterocycles. The lowest BCUT2D eigenvalue weighted by Crippen LogP contribution is -2.29. The highest BCUT2D eigenvalue weighted by Crippen LogP contribution is 2.07. The minimum Gasteiger partial charge on any atom is -0.366 e. The van der Waals surface area contributed by atoms with Gasteiger partial charge in [0, 0.05) is 24.8 Å². The second-order valence-electron chi connectivity index (χ2n) is 4.25. The van der Waals surface area contributed by atoms with E-state index in [4.69, 9.17) is 0 Å². The molecule has 0 spiro atoms. The molecule has 0 aromatic carbocycles. The third kappa shape index (κ3) is 2.49. The van der Waals surface area contributed by atoms with Crippen LogP contribution in [0.5, 0.6) is 0 Å². The predicted octanol–water partition coefficient (Wildman–Crippen LogP) is 1.09. The van der Waals surface area contributed by atoms with E-state index in [2.05, 4.69) is 41.3 Å². The molecule has 0 bridgehead atoms. The Kier molecular flexibility index (Phi) is 3.05. The van der Waals surface area contributed by atoms with Crippen LogP contribution in [0.1, 0.15) is 6.92 Å². The molecule has 1 N–H and O–H groups in total. The maximum absolute atomic E-state index is 4.45. The van der Waals surface area contributed by atoms with Crippen LogP contribution in [-0.4, -0.2) is 46.2 Å². The molecule has 1 unspecified atom stereocenters. The van der Waals surface area contributed by atoms with E-state index in [1.165, 1.54) is 0 Å². The third-order valence-corrected chi connectivity index (χ3v) is 2.29. The molecular formula is C11H17N5. The van der Waals surface area contributed by atoms with Crippen molar-refractivity contribution in [3.63, 3.8) is 0 Å². The Morgan fingerprint density at radius 3 is 3.00 bits per heavy atom. The van der Waals surface area contributed by atoms with Gasteiger partial charge in [0.1, 0.15) is 5.82 Å². The fraction of sp³-hybridized carbons (Fsp3) is 0.455. The maximum atomic E-state index is 4.45. The third-order valence-electron chi connectivity index (χ3n) is 2.29. The number of nitrogens with zero attached hydrogens (tertiary/aromatic N) is 4. The Balaban J connectivity index is 2.08. The van der Waals surface area contributed by atoms with E-state index >= 15 is 0 Å². The largest absolute Gasteiger partial charge is 0.366 e. The fourth-order valence-corrected chi connectivity index (χ4v) is 1.74. The quantitative estimate of drug-likeness (QED) is 0.836. The summed E-state index contributed by atoms with van der Waals surface area (Å²) in [6, 6.07) is 4.20. The molecule has 16 heavy (non-hydrogen) atoms. The minimum absolute atomic E-state index is 0.368. The van der Waals surface area contributed by atoms with Crippen molar-refractivity contribution in [1.29, 1.82) is 0 Å². The van der Waals surface area contributed by atoms with Gasteiger partial charge in [0.05, 0.1) is 6.20 Å². The lowest BCUT2D eigenvalue weighted by molar-refractivity contribution is 0.392. The summed E-state index contributed by atoms with van der Waals surface area (Å²) in [6.07, 6.45) is 3.66. The molecule has 86 valence electrons. The van der Waals surface area contributed by atoms with E-state index in [1.54, 1.807) is 10.7 Å². The van der Waals surface area contributed by atoms with Gasteiger partial charge in [-0.1, -0.05) is 0 Å². The average Bonchev–Trinajstić information content (AvgIpc) is 2.63.